The topological polar surface area (TPSA) is 83.5 Å². The average Bonchev–Trinajstić information content (AvgIpc) is 3.51. The summed E-state index contributed by atoms with van der Waals surface area (Å²) in [4.78, 5) is 17.1. The van der Waals surface area contributed by atoms with Crippen LogP contribution >= 0.6 is 0 Å². The van der Waals surface area contributed by atoms with Crippen molar-refractivity contribution in [3.05, 3.63) is 69.1 Å². The maximum absolute atomic E-state index is 12.4. The minimum Gasteiger partial charge on any atom is -0.489 e. The summed E-state index contributed by atoms with van der Waals surface area (Å²) < 4.78 is 8.72. The third-order valence-corrected chi connectivity index (χ3v) is 5.03. The molecule has 1 aromatic heterocycles. The zero-order valence-electron chi connectivity index (χ0n) is 16.7. The van der Waals surface area contributed by atoms with E-state index in [2.05, 4.69) is 21.6 Å². The van der Waals surface area contributed by atoms with E-state index < -0.39 is 0 Å². The predicted octanol–water partition coefficient (Wildman–Crippen LogP) is 2.71. The van der Waals surface area contributed by atoms with Crippen LogP contribution in [0.2, 0.25) is 0 Å². The van der Waals surface area contributed by atoms with Gasteiger partial charge in [-0.15, -0.1) is 0 Å². The van der Waals surface area contributed by atoms with Gasteiger partial charge in [0.1, 0.15) is 19.5 Å². The number of oxime groups is 1. The fourth-order valence-corrected chi connectivity index (χ4v) is 3.37. The predicted molar refractivity (Wildman–Crippen MR) is 109 cm³/mol. The van der Waals surface area contributed by atoms with Gasteiger partial charge in [-0.25, -0.2) is 4.79 Å². The molecule has 0 aliphatic heterocycles. The van der Waals surface area contributed by atoms with Gasteiger partial charge in [0, 0.05) is 12.6 Å². The highest BCUT2D eigenvalue weighted by molar-refractivity contribution is 5.79. The van der Waals surface area contributed by atoms with Crippen molar-refractivity contribution in [3.8, 4) is 11.4 Å². The van der Waals surface area contributed by atoms with Crippen molar-refractivity contribution < 1.29 is 9.57 Å². The molecule has 2 aromatic carbocycles. The zero-order chi connectivity index (χ0) is 20.4. The molecule has 1 fully saturated rings. The number of hydrogen-bond donors (Lipinski definition) is 0. The summed E-state index contributed by atoms with van der Waals surface area (Å²) in [5.41, 5.74) is 4.55. The molecule has 0 spiro atoms. The maximum Gasteiger partial charge on any atom is 0.368 e. The zero-order valence-corrected chi connectivity index (χ0v) is 16.7. The first-order valence-electron chi connectivity index (χ1n) is 9.49. The van der Waals surface area contributed by atoms with Crippen LogP contribution in [0.25, 0.3) is 5.69 Å². The molecule has 8 nitrogen and oxygen atoms in total. The van der Waals surface area contributed by atoms with Gasteiger partial charge < -0.3 is 9.57 Å². The second-order valence-corrected chi connectivity index (χ2v) is 7.15. The summed E-state index contributed by atoms with van der Waals surface area (Å²) in [7, 11) is 3.10. The van der Waals surface area contributed by atoms with Crippen LogP contribution in [0.4, 0.5) is 0 Å². The quantitative estimate of drug-likeness (QED) is 0.455. The largest absolute Gasteiger partial charge is 0.489 e. The summed E-state index contributed by atoms with van der Waals surface area (Å²) in [5.74, 6) is 1.29. The second-order valence-electron chi connectivity index (χ2n) is 7.15. The van der Waals surface area contributed by atoms with Crippen molar-refractivity contribution in [3.63, 3.8) is 0 Å². The van der Waals surface area contributed by atoms with Crippen molar-refractivity contribution in [2.75, 3.05) is 7.11 Å². The molecule has 29 heavy (non-hydrogen) atoms. The Morgan fingerprint density at radius 3 is 2.72 bits per heavy atom. The monoisotopic (exact) mass is 393 g/mol. The lowest BCUT2D eigenvalue weighted by molar-refractivity contribution is 0.215. The molecule has 0 bridgehead atoms. The van der Waals surface area contributed by atoms with E-state index in [1.165, 1.54) is 22.0 Å². The summed E-state index contributed by atoms with van der Waals surface area (Å²) >= 11 is 0. The molecule has 0 saturated heterocycles. The molecular weight excluding hydrogens is 370 g/mol. The Morgan fingerprint density at radius 1 is 1.24 bits per heavy atom. The van der Waals surface area contributed by atoms with Crippen LogP contribution in [0, 0.1) is 6.92 Å². The van der Waals surface area contributed by atoms with E-state index >= 15 is 0 Å². The molecule has 1 heterocycles. The van der Waals surface area contributed by atoms with E-state index in [4.69, 9.17) is 9.57 Å². The summed E-state index contributed by atoms with van der Waals surface area (Å²) in [6.07, 6.45) is 3.95. The van der Waals surface area contributed by atoms with Crippen molar-refractivity contribution in [2.45, 2.75) is 32.3 Å². The van der Waals surface area contributed by atoms with Gasteiger partial charge in [0.2, 0.25) is 0 Å². The summed E-state index contributed by atoms with van der Waals surface area (Å²) in [5, 5.41) is 11.6. The van der Waals surface area contributed by atoms with Crippen LogP contribution in [0.5, 0.6) is 5.75 Å². The van der Waals surface area contributed by atoms with E-state index in [1.807, 2.05) is 37.3 Å². The Hall–Kier alpha value is -3.42. The van der Waals surface area contributed by atoms with Gasteiger partial charge in [-0.3, -0.25) is 0 Å². The molecule has 0 amide bonds. The van der Waals surface area contributed by atoms with Crippen LogP contribution in [0.3, 0.4) is 0 Å². The normalized spacial score (nSPS) is 13.8. The maximum atomic E-state index is 12.4. The first kappa shape index (κ1) is 18.9. The highest BCUT2D eigenvalue weighted by atomic mass is 16.6. The average molecular weight is 393 g/mol. The number of benzene rings is 2. The van der Waals surface area contributed by atoms with Crippen LogP contribution < -0.4 is 10.4 Å². The van der Waals surface area contributed by atoms with E-state index in [-0.39, 0.29) is 5.69 Å². The SMILES string of the molecule is CON=Cc1ccc(OCc2c(C3CC3)cccc2-n2nnn(C)c2=O)c(C)c1. The fraction of sp³-hybridized carbons (Fsp3) is 0.333. The van der Waals surface area contributed by atoms with Crippen molar-refractivity contribution in [2.24, 2.45) is 12.2 Å². The van der Waals surface area contributed by atoms with E-state index in [0.717, 1.165) is 35.3 Å². The number of ether oxygens (including phenoxy) is 1. The highest BCUT2D eigenvalue weighted by Crippen LogP contribution is 2.43. The molecule has 4 rings (SSSR count). The van der Waals surface area contributed by atoms with Crippen LogP contribution in [0.15, 0.2) is 46.3 Å². The fourth-order valence-electron chi connectivity index (χ4n) is 3.37. The third kappa shape index (κ3) is 3.91. The van der Waals surface area contributed by atoms with Gasteiger partial charge in [0.25, 0.3) is 0 Å². The number of tetrazole rings is 1. The summed E-state index contributed by atoms with van der Waals surface area (Å²) in [6.45, 7) is 2.33. The lowest BCUT2D eigenvalue weighted by Gasteiger charge is -2.16. The van der Waals surface area contributed by atoms with Gasteiger partial charge in [-0.05, 0) is 77.1 Å². The third-order valence-electron chi connectivity index (χ3n) is 5.03. The van der Waals surface area contributed by atoms with Gasteiger partial charge in [0.15, 0.2) is 0 Å². The highest BCUT2D eigenvalue weighted by Gasteiger charge is 2.28. The second kappa shape index (κ2) is 7.90. The van der Waals surface area contributed by atoms with E-state index in [0.29, 0.717) is 18.2 Å². The van der Waals surface area contributed by atoms with E-state index in [9.17, 15) is 4.79 Å². The number of aryl methyl sites for hydroxylation is 2. The summed E-state index contributed by atoms with van der Waals surface area (Å²) in [6, 6.07) is 11.8. The molecule has 0 atom stereocenters. The molecule has 3 aromatic rings. The Balaban J connectivity index is 1.66. The Kier molecular flexibility index (Phi) is 5.16. The molecule has 0 unspecified atom stereocenters. The lowest BCUT2D eigenvalue weighted by atomic mass is 10.0. The standard InChI is InChI=1S/C21H23N5O3/c1-14-11-15(12-22-28-3)7-10-20(14)29-13-18-17(16-8-9-16)5-4-6-19(18)26-21(27)25(2)23-24-26/h4-7,10-12,16H,8-9,13H2,1-3H3. The molecule has 1 aliphatic carbocycles. The van der Waals surface area contributed by atoms with Crippen LogP contribution in [-0.4, -0.2) is 33.1 Å². The van der Waals surface area contributed by atoms with Gasteiger partial charge in [-0.2, -0.15) is 9.36 Å². The molecule has 0 radical (unpaired) electrons. The number of rotatable bonds is 7. The van der Waals surface area contributed by atoms with Gasteiger partial charge in [-0.1, -0.05) is 17.3 Å². The van der Waals surface area contributed by atoms with Crippen LogP contribution in [-0.2, 0) is 18.5 Å². The minimum absolute atomic E-state index is 0.280. The molecule has 150 valence electrons. The van der Waals surface area contributed by atoms with Crippen molar-refractivity contribution in [1.82, 2.24) is 19.8 Å². The van der Waals surface area contributed by atoms with Crippen molar-refractivity contribution >= 4 is 6.21 Å². The molecule has 8 heteroatoms. The van der Waals surface area contributed by atoms with Crippen molar-refractivity contribution in [1.29, 1.82) is 0 Å². The number of nitrogens with zero attached hydrogens (tertiary/aromatic N) is 5. The molecule has 0 N–H and O–H groups in total. The first-order chi connectivity index (χ1) is 14.1. The molecule has 1 saturated carbocycles. The Morgan fingerprint density at radius 2 is 2.07 bits per heavy atom. The van der Waals surface area contributed by atoms with E-state index in [1.54, 1.807) is 13.3 Å². The minimum atomic E-state index is -0.280. The first-order valence-corrected chi connectivity index (χ1v) is 9.49. The lowest BCUT2D eigenvalue weighted by Crippen LogP contribution is -2.23. The Bertz CT molecular complexity index is 1110. The molecule has 1 aliphatic rings. The van der Waals surface area contributed by atoms with Gasteiger partial charge >= 0.3 is 5.69 Å². The van der Waals surface area contributed by atoms with Crippen LogP contribution in [0.1, 0.15) is 41.0 Å². The Labute approximate surface area is 168 Å². The van der Waals surface area contributed by atoms with Gasteiger partial charge in [0.05, 0.1) is 11.9 Å². The number of aromatic nitrogens is 4. The molecular formula is C21H23N5O3. The number of hydrogen-bond acceptors (Lipinski definition) is 6. The smallest absolute Gasteiger partial charge is 0.368 e.